The quantitative estimate of drug-likeness (QED) is 0.415. The van der Waals surface area contributed by atoms with Crippen molar-refractivity contribution in [3.05, 3.63) is 88.5 Å². The summed E-state index contributed by atoms with van der Waals surface area (Å²) in [4.78, 5) is 24.5. The molecule has 3 aromatic carbocycles. The molecule has 0 saturated carbocycles. The van der Waals surface area contributed by atoms with Crippen LogP contribution in [0.25, 0.3) is 0 Å². The van der Waals surface area contributed by atoms with E-state index in [9.17, 15) is 14.9 Å². The van der Waals surface area contributed by atoms with Crippen LogP contribution in [-0.4, -0.2) is 16.9 Å². The number of nitrogens with one attached hydrogen (secondary N) is 1. The molecule has 6 nitrogen and oxygen atoms in total. The number of nitro groups is 1. The molecule has 1 amide bonds. The van der Waals surface area contributed by atoms with E-state index in [-0.39, 0.29) is 11.6 Å². The molecule has 0 bridgehead atoms. The van der Waals surface area contributed by atoms with E-state index < -0.39 is 11.0 Å². The van der Waals surface area contributed by atoms with Gasteiger partial charge in [0.25, 0.3) is 11.6 Å². The first-order valence-electron chi connectivity index (χ1n) is 8.97. The van der Waals surface area contributed by atoms with Crippen molar-refractivity contribution in [3.8, 4) is 5.75 Å². The van der Waals surface area contributed by atoms with Crippen LogP contribution in [-0.2, 0) is 4.79 Å². The Kier molecular flexibility index (Phi) is 6.51. The summed E-state index contributed by atoms with van der Waals surface area (Å²) in [5, 5.41) is 13.6. The highest BCUT2D eigenvalue weighted by molar-refractivity contribution is 7.99. The molecule has 0 saturated heterocycles. The van der Waals surface area contributed by atoms with Crippen molar-refractivity contribution >= 4 is 29.0 Å². The lowest BCUT2D eigenvalue weighted by atomic mass is 10.2. The monoisotopic (exact) mass is 408 g/mol. The normalized spacial score (nSPS) is 11.5. The van der Waals surface area contributed by atoms with Gasteiger partial charge >= 0.3 is 0 Å². The number of nitro benzene ring substituents is 1. The Morgan fingerprint density at radius 3 is 2.24 bits per heavy atom. The summed E-state index contributed by atoms with van der Waals surface area (Å²) in [6, 6.07) is 21.3. The van der Waals surface area contributed by atoms with Gasteiger partial charge in [0, 0.05) is 27.6 Å². The van der Waals surface area contributed by atoms with Crippen molar-refractivity contribution < 1.29 is 14.5 Å². The number of non-ortho nitro benzene ring substituents is 1. The van der Waals surface area contributed by atoms with E-state index >= 15 is 0 Å². The van der Waals surface area contributed by atoms with Crippen LogP contribution in [0.5, 0.6) is 5.75 Å². The standard InChI is InChI=1S/C22H20N2O4S/c1-15-4-3-5-19(14-15)28-16(2)22(25)23-17-6-10-20(11-7-17)29-21-12-8-18(9-13-21)24(26)27/h3-14,16H,1-2H3,(H,23,25)/t16-/m0/s1. The van der Waals surface area contributed by atoms with Crippen molar-refractivity contribution in [1.82, 2.24) is 0 Å². The smallest absolute Gasteiger partial charge is 0.269 e. The van der Waals surface area contributed by atoms with Gasteiger partial charge in [-0.2, -0.15) is 0 Å². The maximum atomic E-state index is 12.4. The van der Waals surface area contributed by atoms with Crippen LogP contribution in [0.15, 0.2) is 82.6 Å². The number of carbonyl (C=O) groups excluding carboxylic acids is 1. The van der Waals surface area contributed by atoms with Crippen LogP contribution in [0, 0.1) is 17.0 Å². The Morgan fingerprint density at radius 2 is 1.66 bits per heavy atom. The number of amides is 1. The molecule has 0 aromatic heterocycles. The van der Waals surface area contributed by atoms with E-state index in [0.717, 1.165) is 15.4 Å². The minimum absolute atomic E-state index is 0.0643. The van der Waals surface area contributed by atoms with Gasteiger partial charge in [0.2, 0.25) is 0 Å². The van der Waals surface area contributed by atoms with Gasteiger partial charge in [-0.05, 0) is 67.9 Å². The molecule has 3 rings (SSSR count). The summed E-state index contributed by atoms with van der Waals surface area (Å²) in [6.45, 7) is 3.67. The topological polar surface area (TPSA) is 81.5 Å². The second-order valence-corrected chi connectivity index (χ2v) is 7.59. The average molecular weight is 408 g/mol. The van der Waals surface area contributed by atoms with Crippen molar-refractivity contribution in [2.45, 2.75) is 29.7 Å². The highest BCUT2D eigenvalue weighted by Gasteiger charge is 2.15. The Balaban J connectivity index is 1.56. The Bertz CT molecular complexity index is 1000. The molecule has 0 fully saturated rings. The fourth-order valence-corrected chi connectivity index (χ4v) is 3.38. The summed E-state index contributed by atoms with van der Waals surface area (Å²) in [5.41, 5.74) is 1.80. The number of benzene rings is 3. The lowest BCUT2D eigenvalue weighted by Crippen LogP contribution is -2.30. The van der Waals surface area contributed by atoms with E-state index in [1.807, 2.05) is 55.5 Å². The van der Waals surface area contributed by atoms with Crippen molar-refractivity contribution in [1.29, 1.82) is 0 Å². The predicted molar refractivity (Wildman–Crippen MR) is 114 cm³/mol. The van der Waals surface area contributed by atoms with Crippen molar-refractivity contribution in [2.24, 2.45) is 0 Å². The first-order chi connectivity index (χ1) is 13.9. The molecule has 1 N–H and O–H groups in total. The van der Waals surface area contributed by atoms with Gasteiger partial charge in [-0.15, -0.1) is 0 Å². The summed E-state index contributed by atoms with van der Waals surface area (Å²) >= 11 is 1.49. The molecule has 1 atom stereocenters. The molecule has 0 aliphatic heterocycles. The Labute approximate surface area is 173 Å². The number of nitrogens with zero attached hydrogens (tertiary/aromatic N) is 1. The third-order valence-corrected chi connectivity index (χ3v) is 5.09. The maximum absolute atomic E-state index is 12.4. The van der Waals surface area contributed by atoms with Crippen molar-refractivity contribution in [2.75, 3.05) is 5.32 Å². The van der Waals surface area contributed by atoms with Crippen LogP contribution in [0.4, 0.5) is 11.4 Å². The van der Waals surface area contributed by atoms with Gasteiger partial charge in [-0.1, -0.05) is 23.9 Å². The number of rotatable bonds is 7. The van der Waals surface area contributed by atoms with E-state index in [2.05, 4.69) is 5.32 Å². The van der Waals surface area contributed by atoms with Gasteiger partial charge in [0.1, 0.15) is 5.75 Å². The fourth-order valence-electron chi connectivity index (χ4n) is 2.57. The molecule has 7 heteroatoms. The van der Waals surface area contributed by atoms with E-state index in [0.29, 0.717) is 11.4 Å². The third-order valence-electron chi connectivity index (χ3n) is 4.08. The van der Waals surface area contributed by atoms with Gasteiger partial charge in [-0.25, -0.2) is 0 Å². The number of hydrogen-bond donors (Lipinski definition) is 1. The summed E-state index contributed by atoms with van der Waals surface area (Å²) in [5.74, 6) is 0.421. The molecule has 0 aliphatic rings. The zero-order chi connectivity index (χ0) is 20.8. The van der Waals surface area contributed by atoms with Crippen LogP contribution in [0.3, 0.4) is 0 Å². The van der Waals surface area contributed by atoms with Gasteiger partial charge in [0.05, 0.1) is 4.92 Å². The first-order valence-corrected chi connectivity index (χ1v) is 9.79. The van der Waals surface area contributed by atoms with Crippen LogP contribution < -0.4 is 10.1 Å². The van der Waals surface area contributed by atoms with E-state index in [1.54, 1.807) is 19.1 Å². The summed E-state index contributed by atoms with van der Waals surface area (Å²) in [6.07, 6.45) is -0.633. The maximum Gasteiger partial charge on any atom is 0.269 e. The predicted octanol–water partition coefficient (Wildman–Crippen LogP) is 5.46. The minimum atomic E-state index is -0.633. The Morgan fingerprint density at radius 1 is 1.03 bits per heavy atom. The van der Waals surface area contributed by atoms with Gasteiger partial charge in [-0.3, -0.25) is 14.9 Å². The molecule has 0 heterocycles. The molecule has 29 heavy (non-hydrogen) atoms. The number of ether oxygens (including phenoxy) is 1. The number of hydrogen-bond acceptors (Lipinski definition) is 5. The van der Waals surface area contributed by atoms with Gasteiger partial charge < -0.3 is 10.1 Å². The second kappa shape index (κ2) is 9.25. The van der Waals surface area contributed by atoms with Crippen molar-refractivity contribution in [3.63, 3.8) is 0 Å². The molecule has 0 unspecified atom stereocenters. The largest absolute Gasteiger partial charge is 0.481 e. The third kappa shape index (κ3) is 5.83. The van der Waals surface area contributed by atoms with Crippen LogP contribution in [0.2, 0.25) is 0 Å². The Hall–Kier alpha value is -3.32. The van der Waals surface area contributed by atoms with E-state index in [1.165, 1.54) is 23.9 Å². The van der Waals surface area contributed by atoms with E-state index in [4.69, 9.17) is 4.74 Å². The lowest BCUT2D eigenvalue weighted by molar-refractivity contribution is -0.384. The number of carbonyl (C=O) groups is 1. The average Bonchev–Trinajstić information content (AvgIpc) is 2.70. The summed E-state index contributed by atoms with van der Waals surface area (Å²) in [7, 11) is 0. The molecule has 0 radical (unpaired) electrons. The highest BCUT2D eigenvalue weighted by atomic mass is 32.2. The zero-order valence-corrected chi connectivity index (χ0v) is 16.8. The number of anilines is 1. The lowest BCUT2D eigenvalue weighted by Gasteiger charge is -2.15. The fraction of sp³-hybridized carbons (Fsp3) is 0.136. The minimum Gasteiger partial charge on any atom is -0.481 e. The second-order valence-electron chi connectivity index (χ2n) is 6.44. The number of aryl methyl sites for hydroxylation is 1. The SMILES string of the molecule is Cc1cccc(O[C@@H](C)C(=O)Nc2ccc(Sc3ccc([N+](=O)[O-])cc3)cc2)c1. The first kappa shape index (κ1) is 20.4. The molecular formula is C22H20N2O4S. The summed E-state index contributed by atoms with van der Waals surface area (Å²) < 4.78 is 5.69. The highest BCUT2D eigenvalue weighted by Crippen LogP contribution is 2.29. The van der Waals surface area contributed by atoms with Crippen LogP contribution in [0.1, 0.15) is 12.5 Å². The van der Waals surface area contributed by atoms with Gasteiger partial charge in [0.15, 0.2) is 6.10 Å². The molecule has 148 valence electrons. The molecule has 3 aromatic rings. The zero-order valence-electron chi connectivity index (χ0n) is 16.0. The molecular weight excluding hydrogens is 388 g/mol. The van der Waals surface area contributed by atoms with Crippen LogP contribution >= 0.6 is 11.8 Å². The molecule has 0 spiro atoms. The molecule has 0 aliphatic carbocycles.